The number of nitrogens with zero attached hydrogens (tertiary/aromatic N) is 1. The SMILES string of the molecule is c1ccc(-c2ccccc2-c2oc(-c3cc(-n4c5ccccc5c5ccccc54)ccc3-c3ccccc3)c3ccccc23)cc1. The van der Waals surface area contributed by atoms with Gasteiger partial charge < -0.3 is 8.98 Å². The zero-order valence-electron chi connectivity index (χ0n) is 25.1. The summed E-state index contributed by atoms with van der Waals surface area (Å²) >= 11 is 0. The number of rotatable bonds is 5. The molecule has 0 aliphatic rings. The van der Waals surface area contributed by atoms with Crippen LogP contribution in [0.3, 0.4) is 0 Å². The summed E-state index contributed by atoms with van der Waals surface area (Å²) in [6, 6.07) is 62.4. The average molecular weight is 588 g/mol. The summed E-state index contributed by atoms with van der Waals surface area (Å²) in [7, 11) is 0. The Morgan fingerprint density at radius 3 is 1.35 bits per heavy atom. The lowest BCUT2D eigenvalue weighted by molar-refractivity contribution is 0.602. The minimum absolute atomic E-state index is 0.870. The molecule has 7 aromatic carbocycles. The van der Waals surface area contributed by atoms with E-state index in [1.54, 1.807) is 0 Å². The van der Waals surface area contributed by atoms with Crippen molar-refractivity contribution in [2.45, 2.75) is 0 Å². The molecule has 0 aliphatic heterocycles. The molecule has 9 aromatic rings. The molecule has 0 fully saturated rings. The van der Waals surface area contributed by atoms with Gasteiger partial charge in [-0.2, -0.15) is 0 Å². The summed E-state index contributed by atoms with van der Waals surface area (Å²) in [6.07, 6.45) is 0. The molecule has 2 aromatic heterocycles. The molecule has 0 unspecified atom stereocenters. The van der Waals surface area contributed by atoms with Gasteiger partial charge in [-0.15, -0.1) is 0 Å². The van der Waals surface area contributed by atoms with E-state index in [1.165, 1.54) is 27.4 Å². The fourth-order valence-electron chi connectivity index (χ4n) is 6.97. The molecule has 2 nitrogen and oxygen atoms in total. The zero-order valence-corrected chi connectivity index (χ0v) is 25.1. The van der Waals surface area contributed by atoms with Crippen molar-refractivity contribution in [1.82, 2.24) is 4.57 Å². The molecule has 0 atom stereocenters. The van der Waals surface area contributed by atoms with Gasteiger partial charge >= 0.3 is 0 Å². The lowest BCUT2D eigenvalue weighted by Crippen LogP contribution is -1.95. The minimum Gasteiger partial charge on any atom is -0.455 e. The molecule has 2 heteroatoms. The van der Waals surface area contributed by atoms with E-state index in [2.05, 4.69) is 180 Å². The minimum atomic E-state index is 0.870. The zero-order chi connectivity index (χ0) is 30.5. The monoisotopic (exact) mass is 587 g/mol. The molecule has 0 saturated carbocycles. The second-order valence-corrected chi connectivity index (χ2v) is 11.7. The predicted molar refractivity (Wildman–Crippen MR) is 192 cm³/mol. The Hall–Kier alpha value is -6.12. The summed E-state index contributed by atoms with van der Waals surface area (Å²) in [5, 5.41) is 4.68. The Bertz CT molecular complexity index is 2460. The van der Waals surface area contributed by atoms with Crippen LogP contribution in [0.4, 0.5) is 0 Å². The van der Waals surface area contributed by atoms with Crippen molar-refractivity contribution in [2.24, 2.45) is 0 Å². The predicted octanol–water partition coefficient (Wildman–Crippen LogP) is 12.2. The third-order valence-electron chi connectivity index (χ3n) is 9.05. The Labute approximate surface area is 267 Å². The third-order valence-corrected chi connectivity index (χ3v) is 9.05. The van der Waals surface area contributed by atoms with Crippen LogP contribution in [-0.2, 0) is 0 Å². The van der Waals surface area contributed by atoms with Gasteiger partial charge in [0.1, 0.15) is 11.5 Å². The first-order valence-corrected chi connectivity index (χ1v) is 15.7. The number of aromatic nitrogens is 1. The van der Waals surface area contributed by atoms with Crippen molar-refractivity contribution in [2.75, 3.05) is 0 Å². The molecule has 0 radical (unpaired) electrons. The molecule has 0 spiro atoms. The normalized spacial score (nSPS) is 11.5. The number of hydrogen-bond donors (Lipinski definition) is 0. The average Bonchev–Trinajstić information content (AvgIpc) is 3.69. The smallest absolute Gasteiger partial charge is 0.143 e. The van der Waals surface area contributed by atoms with Crippen molar-refractivity contribution in [1.29, 1.82) is 0 Å². The van der Waals surface area contributed by atoms with Crippen LogP contribution in [-0.4, -0.2) is 4.57 Å². The highest BCUT2D eigenvalue weighted by molar-refractivity contribution is 6.10. The summed E-state index contributed by atoms with van der Waals surface area (Å²) in [5.41, 5.74) is 10.2. The third kappa shape index (κ3) is 4.19. The number of furan rings is 1. The van der Waals surface area contributed by atoms with Crippen LogP contribution in [0.2, 0.25) is 0 Å². The van der Waals surface area contributed by atoms with Crippen LogP contribution in [0.15, 0.2) is 180 Å². The van der Waals surface area contributed by atoms with Crippen molar-refractivity contribution in [3.63, 3.8) is 0 Å². The Morgan fingerprint density at radius 2 is 0.761 bits per heavy atom. The van der Waals surface area contributed by atoms with Gasteiger partial charge in [0.15, 0.2) is 0 Å². The van der Waals surface area contributed by atoms with Gasteiger partial charge in [0.25, 0.3) is 0 Å². The molecule has 0 bridgehead atoms. The highest BCUT2D eigenvalue weighted by Crippen LogP contribution is 2.46. The second kappa shape index (κ2) is 10.8. The van der Waals surface area contributed by atoms with Crippen molar-refractivity contribution in [3.05, 3.63) is 176 Å². The van der Waals surface area contributed by atoms with E-state index in [0.29, 0.717) is 0 Å². The van der Waals surface area contributed by atoms with Gasteiger partial charge in [-0.05, 0) is 46.5 Å². The summed E-state index contributed by atoms with van der Waals surface area (Å²) < 4.78 is 9.47. The van der Waals surface area contributed by atoms with E-state index < -0.39 is 0 Å². The molecule has 0 saturated heterocycles. The molecule has 46 heavy (non-hydrogen) atoms. The molecule has 0 N–H and O–H groups in total. The van der Waals surface area contributed by atoms with Crippen molar-refractivity contribution >= 4 is 32.6 Å². The quantitative estimate of drug-likeness (QED) is 0.196. The van der Waals surface area contributed by atoms with E-state index >= 15 is 0 Å². The number of fused-ring (bicyclic) bond motifs is 4. The maximum atomic E-state index is 7.10. The summed E-state index contributed by atoms with van der Waals surface area (Å²) in [5.74, 6) is 1.75. The van der Waals surface area contributed by atoms with Gasteiger partial charge in [0.05, 0.1) is 11.0 Å². The Morgan fingerprint density at radius 1 is 0.326 bits per heavy atom. The van der Waals surface area contributed by atoms with Crippen molar-refractivity contribution < 1.29 is 4.42 Å². The Balaban J connectivity index is 1.34. The van der Waals surface area contributed by atoms with Crippen LogP contribution in [0.25, 0.3) is 83.2 Å². The molecule has 0 aliphatic carbocycles. The van der Waals surface area contributed by atoms with E-state index in [0.717, 1.165) is 55.8 Å². The van der Waals surface area contributed by atoms with Crippen LogP contribution in [0, 0.1) is 0 Å². The van der Waals surface area contributed by atoms with Crippen LogP contribution in [0.1, 0.15) is 0 Å². The summed E-state index contributed by atoms with van der Waals surface area (Å²) in [6.45, 7) is 0. The standard InChI is InChI=1S/C44H29NO/c1-3-15-30(16-4-1)33-19-7-8-22-37(33)43-38-23-9-10-24-39(38)44(46-43)40-29-32(27-28-34(40)31-17-5-2-6-18-31)45-41-25-13-11-20-35(41)36-21-12-14-26-42(36)45/h1-29H. The first-order valence-electron chi connectivity index (χ1n) is 15.7. The highest BCUT2D eigenvalue weighted by Gasteiger charge is 2.22. The maximum Gasteiger partial charge on any atom is 0.143 e. The van der Waals surface area contributed by atoms with Crippen molar-refractivity contribution in [3.8, 4) is 50.6 Å². The second-order valence-electron chi connectivity index (χ2n) is 11.7. The van der Waals surface area contributed by atoms with Crippen LogP contribution >= 0.6 is 0 Å². The number of benzene rings is 7. The van der Waals surface area contributed by atoms with E-state index in [4.69, 9.17) is 4.42 Å². The van der Waals surface area contributed by atoms with Gasteiger partial charge in [-0.25, -0.2) is 0 Å². The van der Waals surface area contributed by atoms with Crippen LogP contribution < -0.4 is 0 Å². The van der Waals surface area contributed by atoms with E-state index in [1.807, 2.05) is 0 Å². The number of hydrogen-bond acceptors (Lipinski definition) is 1. The molecule has 9 rings (SSSR count). The summed E-state index contributed by atoms with van der Waals surface area (Å²) in [4.78, 5) is 0. The molecule has 216 valence electrons. The molecule has 0 amide bonds. The fourth-order valence-corrected chi connectivity index (χ4v) is 6.97. The molecular formula is C44H29NO. The lowest BCUT2D eigenvalue weighted by atomic mass is 9.94. The van der Waals surface area contributed by atoms with E-state index in [-0.39, 0.29) is 0 Å². The first-order chi connectivity index (χ1) is 22.8. The number of para-hydroxylation sites is 2. The topological polar surface area (TPSA) is 18.1 Å². The van der Waals surface area contributed by atoms with Gasteiger partial charge in [0.2, 0.25) is 0 Å². The van der Waals surface area contributed by atoms with Gasteiger partial charge in [-0.1, -0.05) is 152 Å². The molecular weight excluding hydrogens is 558 g/mol. The highest BCUT2D eigenvalue weighted by atomic mass is 16.3. The van der Waals surface area contributed by atoms with Gasteiger partial charge in [-0.3, -0.25) is 0 Å². The lowest BCUT2D eigenvalue weighted by Gasteiger charge is -2.14. The maximum absolute atomic E-state index is 7.10. The van der Waals surface area contributed by atoms with Crippen LogP contribution in [0.5, 0.6) is 0 Å². The van der Waals surface area contributed by atoms with Gasteiger partial charge in [0, 0.05) is 38.4 Å². The first kappa shape index (κ1) is 26.3. The van der Waals surface area contributed by atoms with E-state index in [9.17, 15) is 0 Å². The largest absolute Gasteiger partial charge is 0.455 e. The Kier molecular flexibility index (Phi) is 6.17. The fraction of sp³-hybridized carbons (Fsp3) is 0. The molecule has 2 heterocycles.